The smallest absolute Gasteiger partial charge is 0.188 e. The van der Waals surface area contributed by atoms with E-state index in [-0.39, 0.29) is 0 Å². The summed E-state index contributed by atoms with van der Waals surface area (Å²) in [4.78, 5) is 4.05. The number of guanidine groups is 1. The molecule has 0 heterocycles. The molecule has 0 atom stereocenters. The Bertz CT molecular complexity index is 114. The standard InChI is InChI=1S/C7H17N3O/c1-3-9-7(8)10-5-4-6-11-2/h3-6H2,1-2H3,(H3,8,9,10). The third kappa shape index (κ3) is 7.12. The molecule has 0 aromatic rings. The number of ether oxygens (including phenoxy) is 1. The molecule has 0 aromatic heterocycles. The van der Waals surface area contributed by atoms with Crippen molar-refractivity contribution in [2.45, 2.75) is 13.3 Å². The van der Waals surface area contributed by atoms with Crippen LogP contribution in [0.5, 0.6) is 0 Å². The van der Waals surface area contributed by atoms with Crippen LogP contribution in [0, 0.1) is 0 Å². The Labute approximate surface area is 67.8 Å². The van der Waals surface area contributed by atoms with Gasteiger partial charge in [0, 0.05) is 26.8 Å². The summed E-state index contributed by atoms with van der Waals surface area (Å²) in [5, 5.41) is 2.91. The molecular weight excluding hydrogens is 142 g/mol. The Hall–Kier alpha value is -0.770. The molecule has 0 aromatic carbocycles. The highest BCUT2D eigenvalue weighted by atomic mass is 16.5. The second-order valence-electron chi connectivity index (χ2n) is 2.14. The van der Waals surface area contributed by atoms with E-state index in [1.807, 2.05) is 6.92 Å². The van der Waals surface area contributed by atoms with Gasteiger partial charge < -0.3 is 15.8 Å². The molecule has 4 nitrogen and oxygen atoms in total. The van der Waals surface area contributed by atoms with Gasteiger partial charge in [0.1, 0.15) is 0 Å². The summed E-state index contributed by atoms with van der Waals surface area (Å²) in [5.41, 5.74) is 5.46. The van der Waals surface area contributed by atoms with Crippen LogP contribution in [0.15, 0.2) is 4.99 Å². The third-order valence-electron chi connectivity index (χ3n) is 1.15. The Balaban J connectivity index is 3.24. The van der Waals surface area contributed by atoms with Crippen molar-refractivity contribution < 1.29 is 4.74 Å². The van der Waals surface area contributed by atoms with E-state index in [4.69, 9.17) is 10.5 Å². The molecule has 0 radical (unpaired) electrons. The van der Waals surface area contributed by atoms with Crippen LogP contribution in [0.3, 0.4) is 0 Å². The van der Waals surface area contributed by atoms with E-state index in [9.17, 15) is 0 Å². The molecule has 0 amide bonds. The maximum Gasteiger partial charge on any atom is 0.188 e. The van der Waals surface area contributed by atoms with Crippen LogP contribution >= 0.6 is 0 Å². The fourth-order valence-electron chi connectivity index (χ4n) is 0.645. The van der Waals surface area contributed by atoms with Gasteiger partial charge in [-0.3, -0.25) is 4.99 Å². The number of hydrogen-bond donors (Lipinski definition) is 2. The molecule has 0 saturated carbocycles. The summed E-state index contributed by atoms with van der Waals surface area (Å²) in [5.74, 6) is 0.517. The zero-order chi connectivity index (χ0) is 8.53. The van der Waals surface area contributed by atoms with Crippen molar-refractivity contribution in [3.05, 3.63) is 0 Å². The quantitative estimate of drug-likeness (QED) is 0.336. The van der Waals surface area contributed by atoms with E-state index >= 15 is 0 Å². The molecular formula is C7H17N3O. The highest BCUT2D eigenvalue weighted by Gasteiger charge is 1.86. The van der Waals surface area contributed by atoms with Crippen molar-refractivity contribution in [3.63, 3.8) is 0 Å². The van der Waals surface area contributed by atoms with Crippen LogP contribution in [-0.4, -0.2) is 32.8 Å². The lowest BCUT2D eigenvalue weighted by molar-refractivity contribution is 0.197. The zero-order valence-corrected chi connectivity index (χ0v) is 7.26. The van der Waals surface area contributed by atoms with Crippen molar-refractivity contribution in [2.75, 3.05) is 26.8 Å². The van der Waals surface area contributed by atoms with Gasteiger partial charge in [0.15, 0.2) is 5.96 Å². The second-order valence-corrected chi connectivity index (χ2v) is 2.14. The Morgan fingerprint density at radius 3 is 2.91 bits per heavy atom. The summed E-state index contributed by atoms with van der Waals surface area (Å²) >= 11 is 0. The number of nitrogens with two attached hydrogens (primary N) is 1. The fraction of sp³-hybridized carbons (Fsp3) is 0.857. The molecule has 11 heavy (non-hydrogen) atoms. The molecule has 0 saturated heterocycles. The van der Waals surface area contributed by atoms with E-state index in [0.29, 0.717) is 5.96 Å². The van der Waals surface area contributed by atoms with Crippen molar-refractivity contribution in [3.8, 4) is 0 Å². The molecule has 0 bridgehead atoms. The predicted octanol–water partition coefficient (Wildman–Crippen LogP) is -0.0529. The van der Waals surface area contributed by atoms with Gasteiger partial charge >= 0.3 is 0 Å². The van der Waals surface area contributed by atoms with E-state index in [1.165, 1.54) is 0 Å². The van der Waals surface area contributed by atoms with Crippen molar-refractivity contribution in [1.82, 2.24) is 5.32 Å². The fourth-order valence-corrected chi connectivity index (χ4v) is 0.645. The van der Waals surface area contributed by atoms with Gasteiger partial charge in [-0.25, -0.2) is 0 Å². The third-order valence-corrected chi connectivity index (χ3v) is 1.15. The number of hydrogen-bond acceptors (Lipinski definition) is 2. The van der Waals surface area contributed by atoms with Gasteiger partial charge in [-0.05, 0) is 13.3 Å². The maximum atomic E-state index is 5.46. The van der Waals surface area contributed by atoms with Crippen molar-refractivity contribution >= 4 is 5.96 Å². The minimum atomic E-state index is 0.517. The Morgan fingerprint density at radius 1 is 1.64 bits per heavy atom. The average Bonchev–Trinajstić information content (AvgIpc) is 1.99. The van der Waals surface area contributed by atoms with Crippen LogP contribution in [-0.2, 0) is 4.74 Å². The first-order valence-electron chi connectivity index (χ1n) is 3.84. The van der Waals surface area contributed by atoms with Crippen molar-refractivity contribution in [2.24, 2.45) is 10.7 Å². The molecule has 0 aliphatic carbocycles. The summed E-state index contributed by atoms with van der Waals surface area (Å²) in [6.45, 7) is 4.27. The molecule has 0 unspecified atom stereocenters. The minimum absolute atomic E-state index is 0.517. The van der Waals surface area contributed by atoms with Crippen LogP contribution in [0.4, 0.5) is 0 Å². The van der Waals surface area contributed by atoms with Crippen LogP contribution in [0.1, 0.15) is 13.3 Å². The predicted molar refractivity (Wildman–Crippen MR) is 46.7 cm³/mol. The number of methoxy groups -OCH3 is 1. The maximum absolute atomic E-state index is 5.46. The summed E-state index contributed by atoms with van der Waals surface area (Å²) in [6.07, 6.45) is 0.919. The van der Waals surface area contributed by atoms with Crippen LogP contribution < -0.4 is 11.1 Å². The minimum Gasteiger partial charge on any atom is -0.385 e. The van der Waals surface area contributed by atoms with E-state index in [2.05, 4.69) is 10.3 Å². The molecule has 0 fully saturated rings. The molecule has 0 aliphatic heterocycles. The normalized spacial score (nSPS) is 11.6. The van der Waals surface area contributed by atoms with E-state index < -0.39 is 0 Å². The van der Waals surface area contributed by atoms with Gasteiger partial charge in [0.2, 0.25) is 0 Å². The molecule has 0 spiro atoms. The molecule has 3 N–H and O–H groups in total. The monoisotopic (exact) mass is 159 g/mol. The summed E-state index contributed by atoms with van der Waals surface area (Å²) in [7, 11) is 1.68. The summed E-state index contributed by atoms with van der Waals surface area (Å²) < 4.78 is 4.85. The number of rotatable bonds is 5. The van der Waals surface area contributed by atoms with E-state index in [1.54, 1.807) is 7.11 Å². The molecule has 0 aliphatic rings. The first-order valence-corrected chi connectivity index (χ1v) is 3.84. The SMILES string of the molecule is CCNC(N)=NCCCOC. The van der Waals surface area contributed by atoms with E-state index in [0.717, 1.165) is 26.1 Å². The topological polar surface area (TPSA) is 59.6 Å². The number of nitrogens with one attached hydrogen (secondary N) is 1. The first kappa shape index (κ1) is 10.2. The highest BCUT2D eigenvalue weighted by molar-refractivity contribution is 5.77. The van der Waals surface area contributed by atoms with Gasteiger partial charge in [-0.1, -0.05) is 0 Å². The lowest BCUT2D eigenvalue weighted by Crippen LogP contribution is -2.31. The first-order chi connectivity index (χ1) is 5.31. The second kappa shape index (κ2) is 7.34. The lowest BCUT2D eigenvalue weighted by Gasteiger charge is -2.00. The number of aliphatic imine (C=N–C) groups is 1. The largest absolute Gasteiger partial charge is 0.385 e. The lowest BCUT2D eigenvalue weighted by atomic mass is 10.5. The zero-order valence-electron chi connectivity index (χ0n) is 7.26. The van der Waals surface area contributed by atoms with Gasteiger partial charge in [-0.2, -0.15) is 0 Å². The van der Waals surface area contributed by atoms with Gasteiger partial charge in [-0.15, -0.1) is 0 Å². The van der Waals surface area contributed by atoms with Gasteiger partial charge in [0.25, 0.3) is 0 Å². The number of nitrogens with zero attached hydrogens (tertiary/aromatic N) is 1. The van der Waals surface area contributed by atoms with Gasteiger partial charge in [0.05, 0.1) is 0 Å². The molecule has 4 heteroatoms. The van der Waals surface area contributed by atoms with Crippen LogP contribution in [0.2, 0.25) is 0 Å². The van der Waals surface area contributed by atoms with Crippen molar-refractivity contribution in [1.29, 1.82) is 0 Å². The molecule has 66 valence electrons. The Morgan fingerprint density at radius 2 is 2.36 bits per heavy atom. The summed E-state index contributed by atoms with van der Waals surface area (Å²) in [6, 6.07) is 0. The molecule has 0 rings (SSSR count). The highest BCUT2D eigenvalue weighted by Crippen LogP contribution is 1.80. The average molecular weight is 159 g/mol. The Kier molecular flexibility index (Phi) is 6.82. The van der Waals surface area contributed by atoms with Crippen LogP contribution in [0.25, 0.3) is 0 Å².